The molecule has 0 unspecified atom stereocenters. The molecule has 0 heterocycles. The Labute approximate surface area is 253 Å². The van der Waals surface area contributed by atoms with E-state index < -0.39 is 10.1 Å². The maximum atomic E-state index is 12.2. The Morgan fingerprint density at radius 3 is 1.59 bits per heavy atom. The molecule has 0 aliphatic rings. The van der Waals surface area contributed by atoms with E-state index in [1.807, 2.05) is 72.8 Å². The van der Waals surface area contributed by atoms with Gasteiger partial charge in [-0.25, -0.2) is 0 Å². The molecular weight excluding hydrogens is 572 g/mol. The number of fused-ring (bicyclic) bond motifs is 2. The Morgan fingerprint density at radius 2 is 1.05 bits per heavy atom. The standard InChI is InChI=1S/C34H26N6O3S/c35-30-17-19-32(28-7-3-1-5-26(28)30)39-37-24-14-10-22(11-15-24)9-12-23-13-16-25(21-34(23)44(41,42)43)38-40-33-20-18-31(36)27-6-2-4-8-29(27)33/h1-21H,35-36H2,(H,41,42,43)/b12-9+,39-37+,40-38+. The van der Waals surface area contributed by atoms with Crippen molar-refractivity contribution in [1.82, 2.24) is 0 Å². The van der Waals surface area contributed by atoms with Crippen molar-refractivity contribution in [3.63, 3.8) is 0 Å². The van der Waals surface area contributed by atoms with Crippen molar-refractivity contribution in [3.8, 4) is 0 Å². The minimum atomic E-state index is -4.55. The van der Waals surface area contributed by atoms with E-state index in [0.29, 0.717) is 34.0 Å². The number of anilines is 2. The Balaban J connectivity index is 1.22. The van der Waals surface area contributed by atoms with Crippen LogP contribution < -0.4 is 11.5 Å². The third-order valence-corrected chi connectivity index (χ3v) is 7.95. The molecule has 0 saturated carbocycles. The summed E-state index contributed by atoms with van der Waals surface area (Å²) in [7, 11) is -4.55. The monoisotopic (exact) mass is 598 g/mol. The topological polar surface area (TPSA) is 156 Å². The molecule has 0 radical (unpaired) electrons. The van der Waals surface area contributed by atoms with E-state index in [4.69, 9.17) is 11.5 Å². The number of rotatable bonds is 7. The van der Waals surface area contributed by atoms with E-state index in [1.54, 1.807) is 48.6 Å². The lowest BCUT2D eigenvalue weighted by Crippen LogP contribution is -2.00. The predicted octanol–water partition coefficient (Wildman–Crippen LogP) is 9.41. The number of hydrogen-bond acceptors (Lipinski definition) is 8. The fraction of sp³-hybridized carbons (Fsp3) is 0. The normalized spacial score (nSPS) is 12.3. The zero-order valence-electron chi connectivity index (χ0n) is 23.2. The molecule has 44 heavy (non-hydrogen) atoms. The average molecular weight is 599 g/mol. The number of nitrogens with zero attached hydrogens (tertiary/aromatic N) is 4. The molecule has 0 aromatic heterocycles. The van der Waals surface area contributed by atoms with Gasteiger partial charge in [-0.3, -0.25) is 4.55 Å². The fourth-order valence-corrected chi connectivity index (χ4v) is 5.50. The highest BCUT2D eigenvalue weighted by atomic mass is 32.2. The van der Waals surface area contributed by atoms with Crippen molar-refractivity contribution in [3.05, 3.63) is 126 Å². The van der Waals surface area contributed by atoms with Crippen LogP contribution in [0, 0.1) is 0 Å². The van der Waals surface area contributed by atoms with Crippen LogP contribution in [0.15, 0.2) is 141 Å². The molecule has 0 aliphatic heterocycles. The lowest BCUT2D eigenvalue weighted by atomic mass is 10.1. The minimum Gasteiger partial charge on any atom is -0.398 e. The molecule has 0 aliphatic carbocycles. The smallest absolute Gasteiger partial charge is 0.295 e. The zero-order valence-corrected chi connectivity index (χ0v) is 24.1. The van der Waals surface area contributed by atoms with Gasteiger partial charge in [0.1, 0.15) is 4.90 Å². The molecule has 216 valence electrons. The molecule has 5 N–H and O–H groups in total. The summed E-state index contributed by atoms with van der Waals surface area (Å²) in [6.07, 6.45) is 3.34. The lowest BCUT2D eigenvalue weighted by molar-refractivity contribution is 0.483. The Kier molecular flexibility index (Phi) is 7.67. The van der Waals surface area contributed by atoms with Crippen LogP contribution in [-0.2, 0) is 10.1 Å². The first kappa shape index (κ1) is 28.4. The first-order chi connectivity index (χ1) is 21.3. The van der Waals surface area contributed by atoms with Crippen LogP contribution in [-0.4, -0.2) is 13.0 Å². The van der Waals surface area contributed by atoms with Crippen LogP contribution in [0.4, 0.5) is 34.1 Å². The number of hydrogen-bond donors (Lipinski definition) is 3. The van der Waals surface area contributed by atoms with E-state index in [1.165, 1.54) is 6.07 Å². The second-order valence-corrected chi connectivity index (χ2v) is 11.4. The SMILES string of the molecule is Nc1ccc(/N=N/c2ccc(/C=C/c3ccc(/N=N/c4ccc(N)c5ccccc45)cc3S(=O)(=O)O)cc2)c2ccccc12. The van der Waals surface area contributed by atoms with Gasteiger partial charge < -0.3 is 11.5 Å². The van der Waals surface area contributed by atoms with Gasteiger partial charge >= 0.3 is 0 Å². The molecule has 9 nitrogen and oxygen atoms in total. The summed E-state index contributed by atoms with van der Waals surface area (Å²) in [5.74, 6) is 0. The third kappa shape index (κ3) is 6.07. The molecule has 0 atom stereocenters. The van der Waals surface area contributed by atoms with Crippen molar-refractivity contribution in [2.75, 3.05) is 11.5 Å². The largest absolute Gasteiger partial charge is 0.398 e. The fourth-order valence-electron chi connectivity index (χ4n) is 4.79. The summed E-state index contributed by atoms with van der Waals surface area (Å²) in [6.45, 7) is 0. The highest BCUT2D eigenvalue weighted by Crippen LogP contribution is 2.33. The minimum absolute atomic E-state index is 0.263. The van der Waals surface area contributed by atoms with Crippen molar-refractivity contribution in [1.29, 1.82) is 0 Å². The molecule has 0 spiro atoms. The quantitative estimate of drug-likeness (QED) is 0.0722. The van der Waals surface area contributed by atoms with Crippen LogP contribution in [0.2, 0.25) is 0 Å². The summed E-state index contributed by atoms with van der Waals surface area (Å²) in [5.41, 5.74) is 16.7. The molecule has 0 amide bonds. The van der Waals surface area contributed by atoms with Crippen molar-refractivity contribution >= 4 is 77.9 Å². The second kappa shape index (κ2) is 11.9. The van der Waals surface area contributed by atoms with Crippen molar-refractivity contribution < 1.29 is 13.0 Å². The van der Waals surface area contributed by atoms with Gasteiger partial charge in [0.05, 0.1) is 22.7 Å². The maximum Gasteiger partial charge on any atom is 0.295 e. The summed E-state index contributed by atoms with van der Waals surface area (Å²) >= 11 is 0. The number of azo groups is 2. The Morgan fingerprint density at radius 1 is 0.545 bits per heavy atom. The number of nitrogens with two attached hydrogens (primary N) is 2. The highest BCUT2D eigenvalue weighted by Gasteiger charge is 2.15. The Bertz CT molecular complexity index is 2230. The van der Waals surface area contributed by atoms with Gasteiger partial charge in [-0.15, -0.1) is 10.2 Å². The van der Waals surface area contributed by atoms with Gasteiger partial charge in [0.25, 0.3) is 10.1 Å². The molecule has 0 bridgehead atoms. The van der Waals surface area contributed by atoms with Crippen LogP contribution >= 0.6 is 0 Å². The van der Waals surface area contributed by atoms with Gasteiger partial charge in [-0.2, -0.15) is 18.6 Å². The molecule has 0 saturated heterocycles. The summed E-state index contributed by atoms with van der Waals surface area (Å²) in [5, 5.41) is 20.8. The summed E-state index contributed by atoms with van der Waals surface area (Å²) in [6, 6.07) is 34.1. The Hall–Kier alpha value is -5.71. The van der Waals surface area contributed by atoms with Crippen molar-refractivity contribution in [2.45, 2.75) is 4.90 Å². The first-order valence-electron chi connectivity index (χ1n) is 13.5. The summed E-state index contributed by atoms with van der Waals surface area (Å²) in [4.78, 5) is -0.284. The van der Waals surface area contributed by atoms with Gasteiger partial charge in [-0.05, 0) is 59.7 Å². The average Bonchev–Trinajstić information content (AvgIpc) is 3.04. The molecule has 6 rings (SSSR count). The zero-order chi connectivity index (χ0) is 30.7. The number of benzene rings is 6. The van der Waals surface area contributed by atoms with Crippen LogP contribution in [0.5, 0.6) is 0 Å². The second-order valence-electron chi connectivity index (χ2n) is 9.96. The lowest BCUT2D eigenvalue weighted by Gasteiger charge is -2.06. The molecule has 6 aromatic rings. The van der Waals surface area contributed by atoms with Crippen molar-refractivity contribution in [2.24, 2.45) is 20.5 Å². The predicted molar refractivity (Wildman–Crippen MR) is 177 cm³/mol. The molecular formula is C34H26N6O3S. The molecule has 10 heteroatoms. The number of nitrogen functional groups attached to an aromatic ring is 2. The van der Waals surface area contributed by atoms with Gasteiger partial charge in [0, 0.05) is 32.9 Å². The first-order valence-corrected chi connectivity index (χ1v) is 15.0. The summed E-state index contributed by atoms with van der Waals surface area (Å²) < 4.78 is 34.4. The maximum absolute atomic E-state index is 12.2. The van der Waals surface area contributed by atoms with Crippen LogP contribution in [0.3, 0.4) is 0 Å². The van der Waals surface area contributed by atoms with E-state index in [2.05, 4.69) is 20.5 Å². The third-order valence-electron chi connectivity index (χ3n) is 7.04. The van der Waals surface area contributed by atoms with Gasteiger partial charge in [0.15, 0.2) is 0 Å². The van der Waals surface area contributed by atoms with Crippen LogP contribution in [0.1, 0.15) is 11.1 Å². The van der Waals surface area contributed by atoms with Crippen LogP contribution in [0.25, 0.3) is 33.7 Å². The highest BCUT2D eigenvalue weighted by molar-refractivity contribution is 7.86. The van der Waals surface area contributed by atoms with Gasteiger partial charge in [0.2, 0.25) is 0 Å². The van der Waals surface area contributed by atoms with E-state index in [0.717, 1.165) is 27.1 Å². The van der Waals surface area contributed by atoms with Gasteiger partial charge in [-0.1, -0.05) is 78.9 Å². The van der Waals surface area contributed by atoms with E-state index in [-0.39, 0.29) is 10.6 Å². The molecule has 6 aromatic carbocycles. The molecule has 0 fully saturated rings. The van der Waals surface area contributed by atoms with E-state index >= 15 is 0 Å². The van der Waals surface area contributed by atoms with E-state index in [9.17, 15) is 13.0 Å².